The summed E-state index contributed by atoms with van der Waals surface area (Å²) in [4.78, 5) is 4.79. The SMILES string of the molecule is Oc1ccc(C2CC(c3ccco3)=Nc3ccccc3N2)cc1. The molecule has 0 saturated heterocycles. The minimum absolute atomic E-state index is 0.0584. The number of furan rings is 1. The molecule has 0 amide bonds. The minimum atomic E-state index is 0.0584. The molecule has 0 radical (unpaired) electrons. The summed E-state index contributed by atoms with van der Waals surface area (Å²) in [5.41, 5.74) is 3.90. The van der Waals surface area contributed by atoms with E-state index < -0.39 is 0 Å². The zero-order valence-electron chi connectivity index (χ0n) is 12.4. The molecule has 0 spiro atoms. The maximum Gasteiger partial charge on any atom is 0.148 e. The van der Waals surface area contributed by atoms with Crippen LogP contribution in [-0.2, 0) is 0 Å². The van der Waals surface area contributed by atoms with Crippen LogP contribution in [0.15, 0.2) is 76.3 Å². The number of anilines is 1. The highest BCUT2D eigenvalue weighted by Crippen LogP contribution is 2.35. The first kappa shape index (κ1) is 13.6. The molecule has 4 nitrogen and oxygen atoms in total. The molecule has 4 heteroatoms. The molecule has 23 heavy (non-hydrogen) atoms. The van der Waals surface area contributed by atoms with Crippen molar-refractivity contribution in [2.75, 3.05) is 5.32 Å². The van der Waals surface area contributed by atoms with Gasteiger partial charge in [0, 0.05) is 6.42 Å². The molecule has 1 aliphatic rings. The number of hydrogen-bond donors (Lipinski definition) is 2. The zero-order chi connectivity index (χ0) is 15.6. The van der Waals surface area contributed by atoms with Gasteiger partial charge in [0.05, 0.1) is 29.4 Å². The molecule has 2 N–H and O–H groups in total. The monoisotopic (exact) mass is 304 g/mol. The lowest BCUT2D eigenvalue weighted by molar-refractivity contribution is 0.475. The van der Waals surface area contributed by atoms with E-state index in [0.717, 1.165) is 28.4 Å². The van der Waals surface area contributed by atoms with Crippen LogP contribution in [0.4, 0.5) is 11.4 Å². The van der Waals surface area contributed by atoms with Crippen LogP contribution >= 0.6 is 0 Å². The zero-order valence-corrected chi connectivity index (χ0v) is 12.4. The number of phenols is 1. The van der Waals surface area contributed by atoms with E-state index >= 15 is 0 Å². The van der Waals surface area contributed by atoms with E-state index in [1.807, 2.05) is 48.5 Å². The van der Waals surface area contributed by atoms with Crippen LogP contribution in [-0.4, -0.2) is 10.8 Å². The number of fused-ring (bicyclic) bond motifs is 1. The smallest absolute Gasteiger partial charge is 0.148 e. The van der Waals surface area contributed by atoms with Crippen LogP contribution in [0.1, 0.15) is 23.8 Å². The first-order chi connectivity index (χ1) is 11.3. The molecule has 1 aliphatic heterocycles. The van der Waals surface area contributed by atoms with Crippen LogP contribution in [0.25, 0.3) is 0 Å². The Morgan fingerprint density at radius 3 is 2.61 bits per heavy atom. The van der Waals surface area contributed by atoms with E-state index in [1.165, 1.54) is 0 Å². The maximum atomic E-state index is 9.51. The molecule has 3 aromatic rings. The van der Waals surface area contributed by atoms with E-state index in [-0.39, 0.29) is 11.8 Å². The van der Waals surface area contributed by atoms with Gasteiger partial charge in [-0.2, -0.15) is 0 Å². The Labute approximate surface area is 134 Å². The Morgan fingerprint density at radius 2 is 1.83 bits per heavy atom. The summed E-state index contributed by atoms with van der Waals surface area (Å²) in [6.45, 7) is 0. The number of hydrogen-bond acceptors (Lipinski definition) is 4. The molecule has 2 heterocycles. The van der Waals surface area contributed by atoms with Gasteiger partial charge in [-0.05, 0) is 42.0 Å². The number of nitrogens with one attached hydrogen (secondary N) is 1. The summed E-state index contributed by atoms with van der Waals surface area (Å²) in [7, 11) is 0. The summed E-state index contributed by atoms with van der Waals surface area (Å²) < 4.78 is 5.55. The minimum Gasteiger partial charge on any atom is -0.508 e. The third kappa shape index (κ3) is 2.71. The van der Waals surface area contributed by atoms with Gasteiger partial charge in [0.15, 0.2) is 0 Å². The van der Waals surface area contributed by atoms with Crippen LogP contribution in [0.2, 0.25) is 0 Å². The van der Waals surface area contributed by atoms with Gasteiger partial charge in [0.1, 0.15) is 11.5 Å². The first-order valence-corrected chi connectivity index (χ1v) is 7.55. The van der Waals surface area contributed by atoms with Gasteiger partial charge < -0.3 is 14.8 Å². The Bertz CT molecular complexity index is 836. The van der Waals surface area contributed by atoms with Crippen molar-refractivity contribution in [3.05, 3.63) is 78.3 Å². The van der Waals surface area contributed by atoms with Crippen molar-refractivity contribution >= 4 is 17.1 Å². The van der Waals surface area contributed by atoms with Crippen molar-refractivity contribution in [3.8, 4) is 5.75 Å². The van der Waals surface area contributed by atoms with Gasteiger partial charge in [-0.15, -0.1) is 0 Å². The molecule has 1 atom stereocenters. The van der Waals surface area contributed by atoms with Gasteiger partial charge >= 0.3 is 0 Å². The van der Waals surface area contributed by atoms with E-state index in [9.17, 15) is 5.11 Å². The normalized spacial score (nSPS) is 16.9. The number of para-hydroxylation sites is 2. The maximum absolute atomic E-state index is 9.51. The fraction of sp³-hybridized carbons (Fsp3) is 0.105. The molecule has 4 rings (SSSR count). The quantitative estimate of drug-likeness (QED) is 0.723. The lowest BCUT2D eigenvalue weighted by atomic mass is 10.00. The second kappa shape index (κ2) is 5.65. The molecule has 0 saturated carbocycles. The average Bonchev–Trinajstić information content (AvgIpc) is 3.03. The largest absolute Gasteiger partial charge is 0.508 e. The molecule has 1 unspecified atom stereocenters. The highest BCUT2D eigenvalue weighted by Gasteiger charge is 2.22. The summed E-state index contributed by atoms with van der Waals surface area (Å²) in [6.07, 6.45) is 2.37. The van der Waals surface area contributed by atoms with Crippen molar-refractivity contribution in [3.63, 3.8) is 0 Å². The van der Waals surface area contributed by atoms with E-state index in [4.69, 9.17) is 9.41 Å². The Morgan fingerprint density at radius 1 is 1.00 bits per heavy atom. The molecule has 114 valence electrons. The van der Waals surface area contributed by atoms with Gasteiger partial charge in [-0.25, -0.2) is 4.99 Å². The number of nitrogens with zero attached hydrogens (tertiary/aromatic N) is 1. The summed E-state index contributed by atoms with van der Waals surface area (Å²) >= 11 is 0. The van der Waals surface area contributed by atoms with Crippen molar-refractivity contribution < 1.29 is 9.52 Å². The van der Waals surface area contributed by atoms with Crippen LogP contribution < -0.4 is 5.32 Å². The number of aromatic hydroxyl groups is 1. The second-order valence-electron chi connectivity index (χ2n) is 5.55. The fourth-order valence-electron chi connectivity index (χ4n) is 2.82. The van der Waals surface area contributed by atoms with Crippen LogP contribution in [0, 0.1) is 0 Å². The summed E-state index contributed by atoms with van der Waals surface area (Å²) in [6, 6.07) is 19.1. The fourth-order valence-corrected chi connectivity index (χ4v) is 2.82. The third-order valence-corrected chi connectivity index (χ3v) is 3.99. The topological polar surface area (TPSA) is 57.8 Å². The lowest BCUT2D eigenvalue weighted by Crippen LogP contribution is -2.14. The van der Waals surface area contributed by atoms with Crippen molar-refractivity contribution in [1.82, 2.24) is 0 Å². The van der Waals surface area contributed by atoms with Gasteiger partial charge in [0.2, 0.25) is 0 Å². The van der Waals surface area contributed by atoms with Crippen molar-refractivity contribution in [2.24, 2.45) is 4.99 Å². The van der Waals surface area contributed by atoms with Gasteiger partial charge in [-0.3, -0.25) is 0 Å². The van der Waals surface area contributed by atoms with Crippen molar-refractivity contribution in [1.29, 1.82) is 0 Å². The molecule has 0 fully saturated rings. The Hall–Kier alpha value is -3.01. The Balaban J connectivity index is 1.78. The average molecular weight is 304 g/mol. The second-order valence-corrected chi connectivity index (χ2v) is 5.55. The predicted molar refractivity (Wildman–Crippen MR) is 90.4 cm³/mol. The highest BCUT2D eigenvalue weighted by atomic mass is 16.3. The molecule has 0 bridgehead atoms. The van der Waals surface area contributed by atoms with Crippen LogP contribution in [0.3, 0.4) is 0 Å². The Kier molecular flexibility index (Phi) is 3.35. The standard InChI is InChI=1S/C19H16N2O2/c22-14-9-7-13(8-10-14)17-12-18(19-6-3-11-23-19)21-16-5-2-1-4-15(16)20-17/h1-11,17,20,22H,12H2. The number of benzene rings is 2. The van der Waals surface area contributed by atoms with E-state index in [0.29, 0.717) is 6.42 Å². The lowest BCUT2D eigenvalue weighted by Gasteiger charge is -2.19. The molecular formula is C19H16N2O2. The number of phenolic OH excluding ortho intramolecular Hbond substituents is 1. The van der Waals surface area contributed by atoms with Gasteiger partial charge in [-0.1, -0.05) is 24.3 Å². The van der Waals surface area contributed by atoms with Crippen molar-refractivity contribution in [2.45, 2.75) is 12.5 Å². The van der Waals surface area contributed by atoms with Crippen LogP contribution in [0.5, 0.6) is 5.75 Å². The molecular weight excluding hydrogens is 288 g/mol. The van der Waals surface area contributed by atoms with Gasteiger partial charge in [0.25, 0.3) is 0 Å². The number of aliphatic imine (C=N–C) groups is 1. The highest BCUT2D eigenvalue weighted by molar-refractivity contribution is 6.02. The third-order valence-electron chi connectivity index (χ3n) is 3.99. The molecule has 2 aromatic carbocycles. The van der Waals surface area contributed by atoms with E-state index in [2.05, 4.69) is 5.32 Å². The summed E-state index contributed by atoms with van der Waals surface area (Å²) in [5.74, 6) is 1.05. The van der Waals surface area contributed by atoms with E-state index in [1.54, 1.807) is 18.4 Å². The number of rotatable bonds is 2. The molecule has 0 aliphatic carbocycles. The first-order valence-electron chi connectivity index (χ1n) is 7.55. The molecule has 1 aromatic heterocycles. The predicted octanol–water partition coefficient (Wildman–Crippen LogP) is 4.66. The summed E-state index contributed by atoms with van der Waals surface area (Å²) in [5, 5.41) is 13.1.